The lowest BCUT2D eigenvalue weighted by atomic mass is 10.1. The topological polar surface area (TPSA) is 44.5 Å². The Bertz CT molecular complexity index is 514. The number of thioether (sulfide) groups is 1. The number of hydrogen-bond donors (Lipinski definition) is 1. The highest BCUT2D eigenvalue weighted by atomic mass is 32.2. The Kier molecular flexibility index (Phi) is 5.13. The van der Waals surface area contributed by atoms with E-state index in [9.17, 15) is 0 Å². The van der Waals surface area contributed by atoms with Crippen molar-refractivity contribution < 1.29 is 9.47 Å². The summed E-state index contributed by atoms with van der Waals surface area (Å²) in [6.45, 7) is 0. The third kappa shape index (κ3) is 3.65. The summed E-state index contributed by atoms with van der Waals surface area (Å²) < 4.78 is 11.8. The van der Waals surface area contributed by atoms with E-state index in [4.69, 9.17) is 15.2 Å². The van der Waals surface area contributed by atoms with Crippen LogP contribution in [-0.2, 0) is 0 Å². The van der Waals surface area contributed by atoms with Crippen molar-refractivity contribution in [2.45, 2.75) is 10.3 Å². The van der Waals surface area contributed by atoms with Gasteiger partial charge >= 0.3 is 0 Å². The molecule has 2 aromatic rings. The molecule has 1 unspecified atom stereocenters. The van der Waals surface area contributed by atoms with Crippen LogP contribution in [0.5, 0.6) is 11.5 Å². The average molecular weight is 295 g/mol. The Labute approximate surface area is 121 Å². The Balaban J connectivity index is 2.04. The van der Waals surface area contributed by atoms with Crippen LogP contribution in [0.4, 0.5) is 0 Å². The number of ether oxygens (including phenoxy) is 2. The van der Waals surface area contributed by atoms with Crippen molar-refractivity contribution in [3.8, 4) is 11.5 Å². The van der Waals surface area contributed by atoms with E-state index in [1.54, 1.807) is 37.3 Å². The van der Waals surface area contributed by atoms with E-state index in [1.165, 1.54) is 4.21 Å². The summed E-state index contributed by atoms with van der Waals surface area (Å²) in [5.74, 6) is 2.29. The molecule has 5 heteroatoms. The van der Waals surface area contributed by atoms with E-state index in [-0.39, 0.29) is 6.04 Å². The first-order valence-electron chi connectivity index (χ1n) is 5.88. The molecule has 0 amide bonds. The molecule has 0 aliphatic carbocycles. The summed E-state index contributed by atoms with van der Waals surface area (Å²) in [7, 11) is 3.26. The van der Waals surface area contributed by atoms with Crippen molar-refractivity contribution >= 4 is 23.1 Å². The summed E-state index contributed by atoms with van der Waals surface area (Å²) >= 11 is 3.51. The van der Waals surface area contributed by atoms with Gasteiger partial charge in [0.2, 0.25) is 0 Å². The molecule has 0 fully saturated rings. The maximum Gasteiger partial charge on any atom is 0.161 e. The lowest BCUT2D eigenvalue weighted by Crippen LogP contribution is -2.13. The minimum Gasteiger partial charge on any atom is -0.493 e. The third-order valence-electron chi connectivity index (χ3n) is 2.74. The molecule has 0 radical (unpaired) electrons. The zero-order chi connectivity index (χ0) is 13.7. The fraction of sp³-hybridized carbons (Fsp3) is 0.286. The second-order valence-electron chi connectivity index (χ2n) is 3.96. The van der Waals surface area contributed by atoms with Gasteiger partial charge in [0.15, 0.2) is 11.5 Å². The van der Waals surface area contributed by atoms with Crippen molar-refractivity contribution in [3.05, 3.63) is 41.3 Å². The van der Waals surface area contributed by atoms with Crippen molar-refractivity contribution in [1.82, 2.24) is 0 Å². The monoisotopic (exact) mass is 295 g/mol. The van der Waals surface area contributed by atoms with Gasteiger partial charge in [0.05, 0.1) is 18.4 Å². The van der Waals surface area contributed by atoms with Crippen LogP contribution in [0.25, 0.3) is 0 Å². The summed E-state index contributed by atoms with van der Waals surface area (Å²) in [6.07, 6.45) is 0. The van der Waals surface area contributed by atoms with E-state index >= 15 is 0 Å². The van der Waals surface area contributed by atoms with Crippen LogP contribution in [0.15, 0.2) is 39.9 Å². The molecule has 0 bridgehead atoms. The fourth-order valence-corrected chi connectivity index (χ4v) is 3.50. The van der Waals surface area contributed by atoms with Crippen LogP contribution in [0, 0.1) is 0 Å². The number of hydrogen-bond acceptors (Lipinski definition) is 5. The number of thiophene rings is 1. The molecule has 19 heavy (non-hydrogen) atoms. The molecule has 3 nitrogen and oxygen atoms in total. The Morgan fingerprint density at radius 3 is 2.63 bits per heavy atom. The molecule has 1 atom stereocenters. The third-order valence-corrected chi connectivity index (χ3v) is 4.99. The highest BCUT2D eigenvalue weighted by Crippen LogP contribution is 2.32. The van der Waals surface area contributed by atoms with Gasteiger partial charge in [0.1, 0.15) is 0 Å². The van der Waals surface area contributed by atoms with Gasteiger partial charge in [0, 0.05) is 11.8 Å². The number of nitrogens with two attached hydrogens (primary N) is 1. The molecule has 1 aromatic heterocycles. The number of benzene rings is 1. The van der Waals surface area contributed by atoms with Gasteiger partial charge in [-0.2, -0.15) is 0 Å². The highest BCUT2D eigenvalue weighted by molar-refractivity contribution is 8.01. The Morgan fingerprint density at radius 1 is 1.21 bits per heavy atom. The van der Waals surface area contributed by atoms with Crippen LogP contribution in [0.3, 0.4) is 0 Å². The van der Waals surface area contributed by atoms with Crippen LogP contribution >= 0.6 is 23.1 Å². The minimum absolute atomic E-state index is 0.0214. The first-order chi connectivity index (χ1) is 9.24. The zero-order valence-corrected chi connectivity index (χ0v) is 12.6. The molecule has 2 rings (SSSR count). The normalized spacial score (nSPS) is 12.2. The van der Waals surface area contributed by atoms with E-state index in [0.29, 0.717) is 0 Å². The van der Waals surface area contributed by atoms with E-state index in [2.05, 4.69) is 17.5 Å². The second-order valence-corrected chi connectivity index (χ2v) is 6.23. The standard InChI is InChI=1S/C14H17NO2S2/c1-16-12-6-5-10(8-13(12)17-2)11(15)9-19-14-4-3-7-18-14/h3-8,11H,9,15H2,1-2H3. The molecule has 1 aromatic carbocycles. The SMILES string of the molecule is COc1ccc(C(N)CSc2cccs2)cc1OC. The Morgan fingerprint density at radius 2 is 2.00 bits per heavy atom. The molecular formula is C14H17NO2S2. The number of rotatable bonds is 6. The van der Waals surface area contributed by atoms with Crippen LogP contribution < -0.4 is 15.2 Å². The van der Waals surface area contributed by atoms with E-state index < -0.39 is 0 Å². The van der Waals surface area contributed by atoms with Crippen LogP contribution in [0.2, 0.25) is 0 Å². The first kappa shape index (κ1) is 14.2. The van der Waals surface area contributed by atoms with Gasteiger partial charge in [-0.15, -0.1) is 23.1 Å². The van der Waals surface area contributed by atoms with Crippen molar-refractivity contribution in [2.75, 3.05) is 20.0 Å². The van der Waals surface area contributed by atoms with Gasteiger partial charge in [-0.3, -0.25) is 0 Å². The lowest BCUT2D eigenvalue weighted by Gasteiger charge is -2.14. The average Bonchev–Trinajstić information content (AvgIpc) is 2.97. The first-order valence-corrected chi connectivity index (χ1v) is 7.75. The molecule has 0 spiro atoms. The maximum absolute atomic E-state index is 6.21. The molecular weight excluding hydrogens is 278 g/mol. The van der Waals surface area contributed by atoms with Crippen LogP contribution in [0.1, 0.15) is 11.6 Å². The summed E-state index contributed by atoms with van der Waals surface area (Å²) in [6, 6.07) is 9.96. The van der Waals surface area contributed by atoms with Crippen LogP contribution in [-0.4, -0.2) is 20.0 Å². The smallest absolute Gasteiger partial charge is 0.161 e. The van der Waals surface area contributed by atoms with Gasteiger partial charge in [0.25, 0.3) is 0 Å². The predicted molar refractivity (Wildman–Crippen MR) is 81.5 cm³/mol. The number of methoxy groups -OCH3 is 2. The second kappa shape index (κ2) is 6.84. The summed E-state index contributed by atoms with van der Waals surface area (Å²) in [5.41, 5.74) is 7.27. The molecule has 2 N–H and O–H groups in total. The molecule has 0 aliphatic rings. The summed E-state index contributed by atoms with van der Waals surface area (Å²) in [5, 5.41) is 2.07. The highest BCUT2D eigenvalue weighted by Gasteiger charge is 2.11. The van der Waals surface area contributed by atoms with Crippen molar-refractivity contribution in [1.29, 1.82) is 0 Å². The van der Waals surface area contributed by atoms with E-state index in [0.717, 1.165) is 22.8 Å². The van der Waals surface area contributed by atoms with Gasteiger partial charge in [-0.1, -0.05) is 12.1 Å². The molecule has 0 saturated heterocycles. The zero-order valence-electron chi connectivity index (χ0n) is 11.0. The van der Waals surface area contributed by atoms with E-state index in [1.807, 2.05) is 18.2 Å². The fourth-order valence-electron chi connectivity index (χ4n) is 1.70. The molecule has 1 heterocycles. The van der Waals surface area contributed by atoms with Gasteiger partial charge < -0.3 is 15.2 Å². The molecule has 102 valence electrons. The lowest BCUT2D eigenvalue weighted by molar-refractivity contribution is 0.354. The van der Waals surface area contributed by atoms with Gasteiger partial charge in [-0.05, 0) is 29.1 Å². The minimum atomic E-state index is -0.0214. The maximum atomic E-state index is 6.21. The largest absolute Gasteiger partial charge is 0.493 e. The molecule has 0 saturated carbocycles. The van der Waals surface area contributed by atoms with Gasteiger partial charge in [-0.25, -0.2) is 0 Å². The van der Waals surface area contributed by atoms with Crippen molar-refractivity contribution in [2.24, 2.45) is 5.73 Å². The predicted octanol–water partition coefficient (Wildman–Crippen LogP) is 3.56. The Hall–Kier alpha value is -1.17. The molecule has 0 aliphatic heterocycles. The van der Waals surface area contributed by atoms with Crippen molar-refractivity contribution in [3.63, 3.8) is 0 Å². The quantitative estimate of drug-likeness (QED) is 0.828. The summed E-state index contributed by atoms with van der Waals surface area (Å²) in [4.78, 5) is 0.